The molecule has 2 fully saturated rings. The monoisotopic (exact) mass is 655 g/mol. The number of carboxylic acids is 1. The van der Waals surface area contributed by atoms with E-state index in [0.29, 0.717) is 56.6 Å². The van der Waals surface area contributed by atoms with Crippen molar-refractivity contribution in [1.82, 2.24) is 20.4 Å². The van der Waals surface area contributed by atoms with Crippen molar-refractivity contribution in [2.24, 2.45) is 28.3 Å². The van der Waals surface area contributed by atoms with E-state index in [1.165, 1.54) is 4.90 Å². The van der Waals surface area contributed by atoms with Crippen molar-refractivity contribution in [3.8, 4) is 11.5 Å². The molecule has 0 saturated carbocycles. The van der Waals surface area contributed by atoms with Crippen LogP contribution in [0, 0.1) is 11.8 Å². The number of nitrogens with zero attached hydrogens (tertiary/aromatic N) is 3. The molecule has 1 aromatic rings. The third-order valence-electron chi connectivity index (χ3n) is 10.7. The molecule has 2 aliphatic heterocycles. The van der Waals surface area contributed by atoms with Crippen LogP contribution in [0.5, 0.6) is 11.5 Å². The first-order chi connectivity index (χ1) is 22.5. The lowest BCUT2D eigenvalue weighted by molar-refractivity contribution is -0.144. The Kier molecular flexibility index (Phi) is 10.5. The van der Waals surface area contributed by atoms with E-state index >= 15 is 0 Å². The number of hydrogen-bond acceptors (Lipinski definition) is 9. The maximum atomic E-state index is 13.8. The predicted molar refractivity (Wildman–Crippen MR) is 175 cm³/mol. The summed E-state index contributed by atoms with van der Waals surface area (Å²) in [6.07, 6.45) is 5.96. The lowest BCUT2D eigenvalue weighted by Gasteiger charge is -2.57. The van der Waals surface area contributed by atoms with Crippen LogP contribution in [-0.2, 0) is 26.2 Å². The highest BCUT2D eigenvalue weighted by molar-refractivity contribution is 5.82. The average molecular weight is 656 g/mol. The van der Waals surface area contributed by atoms with E-state index in [-0.39, 0.29) is 42.7 Å². The number of guanidine groups is 1. The first kappa shape index (κ1) is 34.3. The van der Waals surface area contributed by atoms with E-state index in [2.05, 4.69) is 27.6 Å². The Morgan fingerprint density at radius 2 is 2.02 bits per heavy atom. The number of benzene rings is 1. The Bertz CT molecular complexity index is 1410. The van der Waals surface area contributed by atoms with Gasteiger partial charge in [0.15, 0.2) is 17.5 Å². The Labute approximate surface area is 275 Å². The molecular formula is C33H49N7O7. The summed E-state index contributed by atoms with van der Waals surface area (Å²) < 4.78 is 11.6. The number of carbonyl (C=O) groups is 3. The summed E-state index contributed by atoms with van der Waals surface area (Å²) in [7, 11) is 5.38. The highest BCUT2D eigenvalue weighted by Gasteiger charge is 2.55. The van der Waals surface area contributed by atoms with Crippen LogP contribution in [0.4, 0.5) is 4.79 Å². The van der Waals surface area contributed by atoms with Crippen LogP contribution < -0.4 is 26.8 Å². The molecule has 2 amide bonds. The zero-order valence-electron chi connectivity index (χ0n) is 27.5. The molecule has 0 radical (unpaired) electrons. The quantitative estimate of drug-likeness (QED) is 0.114. The smallest absolute Gasteiger partial charge is 0.415 e. The number of aliphatic carboxylic acids is 1. The molecule has 6 unspecified atom stereocenters. The molecule has 2 bridgehead atoms. The number of phenols is 1. The highest BCUT2D eigenvalue weighted by Crippen LogP contribution is 2.59. The number of piperidine rings is 2. The standard InChI is InChI=1S/C33H49N7O7/c1-36-24(5-4-13-37-31(34)35)29(42)38-17-21-8-6-20(30(43)44)18-40(21)32(45)47-22-9-10-23-25-15-19-7-11-26(46-3)28(41)27(19)33(23,16-22)12-14-39(25)2/h7,9,11,20-21,23-25,36,41H,4-6,8,10,12-18H2,1-3H3,(H,38,42)(H,43,44)(H4,34,35,37). The van der Waals surface area contributed by atoms with Gasteiger partial charge in [-0.1, -0.05) is 6.07 Å². The minimum Gasteiger partial charge on any atom is -0.504 e. The number of aromatic hydroxyl groups is 1. The largest absolute Gasteiger partial charge is 0.504 e. The fraction of sp³-hybridized carbons (Fsp3) is 0.636. The van der Waals surface area contributed by atoms with Gasteiger partial charge in [0.1, 0.15) is 5.76 Å². The number of allylic oxidation sites excluding steroid dienone is 2. The number of nitrogens with one attached hydrogen (secondary N) is 2. The van der Waals surface area contributed by atoms with Crippen molar-refractivity contribution < 1.29 is 34.1 Å². The molecule has 5 rings (SSSR count). The molecule has 2 saturated heterocycles. The highest BCUT2D eigenvalue weighted by atomic mass is 16.6. The molecule has 14 nitrogen and oxygen atoms in total. The van der Waals surface area contributed by atoms with Gasteiger partial charge in [0.05, 0.1) is 25.1 Å². The van der Waals surface area contributed by atoms with E-state index in [9.17, 15) is 24.6 Å². The second-order valence-corrected chi connectivity index (χ2v) is 13.3. The maximum absolute atomic E-state index is 13.8. The third-order valence-corrected chi connectivity index (χ3v) is 10.7. The van der Waals surface area contributed by atoms with Crippen LogP contribution in [0.2, 0.25) is 0 Å². The summed E-state index contributed by atoms with van der Waals surface area (Å²) in [5, 5.41) is 27.1. The van der Waals surface area contributed by atoms with Gasteiger partial charge >= 0.3 is 12.1 Å². The molecule has 0 aromatic heterocycles. The Hall–Kier alpha value is -4.04. The van der Waals surface area contributed by atoms with Crippen LogP contribution in [0.15, 0.2) is 29.0 Å². The maximum Gasteiger partial charge on any atom is 0.415 e. The number of likely N-dealkylation sites (N-methyl/N-ethyl adjacent to an activating group) is 2. The third kappa shape index (κ3) is 6.98. The molecule has 258 valence electrons. The summed E-state index contributed by atoms with van der Waals surface area (Å²) in [4.78, 5) is 46.6. The normalized spacial score (nSPS) is 27.4. The Morgan fingerprint density at radius 1 is 1.23 bits per heavy atom. The molecular weight excluding hydrogens is 606 g/mol. The first-order valence-corrected chi connectivity index (χ1v) is 16.5. The topological polar surface area (TPSA) is 205 Å². The molecule has 6 atom stereocenters. The summed E-state index contributed by atoms with van der Waals surface area (Å²) in [5.41, 5.74) is 12.3. The molecule has 0 spiro atoms. The number of carboxylic acid groups (broad SMARTS) is 1. The summed E-state index contributed by atoms with van der Waals surface area (Å²) in [6.45, 7) is 1.39. The van der Waals surface area contributed by atoms with Crippen LogP contribution in [0.1, 0.15) is 56.1 Å². The summed E-state index contributed by atoms with van der Waals surface area (Å²) in [5.74, 6) is -0.617. The first-order valence-electron chi connectivity index (χ1n) is 16.5. The number of fused-ring (bicyclic) bond motifs is 1. The zero-order chi connectivity index (χ0) is 33.9. The Morgan fingerprint density at radius 3 is 2.72 bits per heavy atom. The summed E-state index contributed by atoms with van der Waals surface area (Å²) >= 11 is 0. The number of likely N-dealkylation sites (tertiary alicyclic amines) is 2. The number of carbonyl (C=O) groups excluding carboxylic acids is 2. The van der Waals surface area contributed by atoms with Crippen molar-refractivity contribution >= 4 is 23.9 Å². The van der Waals surface area contributed by atoms with Crippen molar-refractivity contribution in [2.45, 2.75) is 74.9 Å². The van der Waals surface area contributed by atoms with Gasteiger partial charge in [0.25, 0.3) is 0 Å². The van der Waals surface area contributed by atoms with Gasteiger partial charge in [-0.25, -0.2) is 4.79 Å². The van der Waals surface area contributed by atoms with Crippen molar-refractivity contribution in [1.29, 1.82) is 0 Å². The van der Waals surface area contributed by atoms with Crippen molar-refractivity contribution in [2.75, 3.05) is 47.4 Å². The van der Waals surface area contributed by atoms with Crippen molar-refractivity contribution in [3.05, 3.63) is 35.1 Å². The lowest BCUT2D eigenvalue weighted by Crippen LogP contribution is -2.60. The predicted octanol–water partition coefficient (Wildman–Crippen LogP) is 1.25. The van der Waals surface area contributed by atoms with Gasteiger partial charge in [-0.3, -0.25) is 14.6 Å². The average Bonchev–Trinajstić information content (AvgIpc) is 3.04. The lowest BCUT2D eigenvalue weighted by atomic mass is 9.53. The number of rotatable bonds is 11. The summed E-state index contributed by atoms with van der Waals surface area (Å²) in [6, 6.07) is 3.21. The van der Waals surface area contributed by atoms with E-state index in [4.69, 9.17) is 20.9 Å². The van der Waals surface area contributed by atoms with E-state index in [1.807, 2.05) is 12.1 Å². The second kappa shape index (κ2) is 14.4. The Balaban J connectivity index is 1.31. The van der Waals surface area contributed by atoms with Crippen LogP contribution >= 0.6 is 0 Å². The number of amides is 2. The van der Waals surface area contributed by atoms with Crippen LogP contribution in [0.25, 0.3) is 0 Å². The molecule has 1 aromatic carbocycles. The fourth-order valence-corrected chi connectivity index (χ4v) is 8.24. The molecule has 4 aliphatic rings. The number of nitrogens with two attached hydrogens (primary N) is 2. The van der Waals surface area contributed by atoms with Gasteiger partial charge in [-0.05, 0) is 89.2 Å². The number of methoxy groups -OCH3 is 1. The SMILES string of the molecule is CNC(CCCN=C(N)N)C(=O)NCC1CCC(C(=O)O)CN1C(=O)OC1=CCC2C3Cc4ccc(OC)c(O)c4C2(CCN3C)C1. The zero-order valence-corrected chi connectivity index (χ0v) is 27.5. The molecule has 8 N–H and O–H groups in total. The van der Waals surface area contributed by atoms with E-state index in [0.717, 1.165) is 30.5 Å². The number of ether oxygens (including phenoxy) is 2. The minimum atomic E-state index is -0.972. The molecule has 2 heterocycles. The van der Waals surface area contributed by atoms with Gasteiger partial charge in [0.2, 0.25) is 5.91 Å². The van der Waals surface area contributed by atoms with E-state index < -0.39 is 35.5 Å². The van der Waals surface area contributed by atoms with Crippen LogP contribution in [0.3, 0.4) is 0 Å². The van der Waals surface area contributed by atoms with Gasteiger partial charge in [-0.2, -0.15) is 0 Å². The minimum absolute atomic E-state index is 0.000307. The van der Waals surface area contributed by atoms with Gasteiger partial charge in [0, 0.05) is 43.1 Å². The fourth-order valence-electron chi connectivity index (χ4n) is 8.24. The second-order valence-electron chi connectivity index (χ2n) is 13.3. The number of hydrogen-bond donors (Lipinski definition) is 6. The van der Waals surface area contributed by atoms with Gasteiger partial charge < -0.3 is 51.6 Å². The number of phenolic OH excluding ortho intramolecular Hbond substituents is 1. The molecule has 2 aliphatic carbocycles. The van der Waals surface area contributed by atoms with Crippen LogP contribution in [-0.4, -0.2) is 109 Å². The van der Waals surface area contributed by atoms with E-state index in [1.54, 1.807) is 20.2 Å². The molecule has 47 heavy (non-hydrogen) atoms. The molecule has 14 heteroatoms. The number of aliphatic imine (C=N–C) groups is 1. The van der Waals surface area contributed by atoms with Gasteiger partial charge in [-0.15, -0.1) is 0 Å². The van der Waals surface area contributed by atoms with Crippen molar-refractivity contribution in [3.63, 3.8) is 0 Å².